The van der Waals surface area contributed by atoms with Crippen molar-refractivity contribution in [2.45, 2.75) is 30.8 Å². The highest BCUT2D eigenvalue weighted by Gasteiger charge is 2.59. The Hall–Kier alpha value is -3.26. The zero-order valence-corrected chi connectivity index (χ0v) is 16.6. The van der Waals surface area contributed by atoms with Crippen molar-refractivity contribution in [2.75, 3.05) is 0 Å². The van der Waals surface area contributed by atoms with Crippen LogP contribution in [0.25, 0.3) is 0 Å². The Kier molecular flexibility index (Phi) is 4.38. The van der Waals surface area contributed by atoms with Crippen LogP contribution in [0.15, 0.2) is 65.6 Å². The number of aryl methyl sites for hydroxylation is 1. The Morgan fingerprint density at radius 1 is 0.897 bits per heavy atom. The summed E-state index contributed by atoms with van der Waals surface area (Å²) in [5, 5.41) is 0. The fraction of sp³-hybridized carbons (Fsp3) is 0.190. The number of hydrogen-bond donors (Lipinski definition) is 0. The summed E-state index contributed by atoms with van der Waals surface area (Å²) in [5.41, 5.74) is 1.31. The quantitative estimate of drug-likeness (QED) is 0.437. The Bertz CT molecular complexity index is 1130. The molecule has 0 aromatic heterocycles. The van der Waals surface area contributed by atoms with Crippen molar-refractivity contribution in [1.82, 2.24) is 9.21 Å². The first-order chi connectivity index (χ1) is 13.8. The number of fused-ring (bicyclic) bond motifs is 1. The molecule has 29 heavy (non-hydrogen) atoms. The second-order valence-electron chi connectivity index (χ2n) is 6.94. The van der Waals surface area contributed by atoms with Gasteiger partial charge in [-0.15, -0.1) is 0 Å². The van der Waals surface area contributed by atoms with E-state index >= 15 is 0 Å². The minimum atomic E-state index is -4.12. The molecule has 0 spiro atoms. The zero-order chi connectivity index (χ0) is 20.9. The molecule has 1 saturated heterocycles. The molecule has 4 rings (SSSR count). The molecule has 2 atom stereocenters. The minimum absolute atomic E-state index is 0.0215. The van der Waals surface area contributed by atoms with Crippen molar-refractivity contribution in [2.24, 2.45) is 0 Å². The molecule has 0 unspecified atom stereocenters. The first kappa shape index (κ1) is 19.1. The number of carbonyl (C=O) groups excluding carboxylic acids is 3. The Balaban J connectivity index is 1.72. The molecule has 2 aliphatic heterocycles. The van der Waals surface area contributed by atoms with E-state index in [4.69, 9.17) is 0 Å². The molecule has 148 valence electrons. The normalized spacial score (nSPS) is 21.7. The Labute approximate surface area is 168 Å². The molecule has 0 aliphatic carbocycles. The monoisotopic (exact) mass is 410 g/mol. The van der Waals surface area contributed by atoms with Gasteiger partial charge in [0, 0.05) is 0 Å². The van der Waals surface area contributed by atoms with E-state index in [1.54, 1.807) is 37.3 Å². The number of amides is 3. The fourth-order valence-electron chi connectivity index (χ4n) is 3.68. The third kappa shape index (κ3) is 2.71. The molecule has 8 heteroatoms. The van der Waals surface area contributed by atoms with Crippen molar-refractivity contribution < 1.29 is 22.8 Å². The van der Waals surface area contributed by atoms with Gasteiger partial charge in [0.25, 0.3) is 27.7 Å². The van der Waals surface area contributed by atoms with Crippen LogP contribution in [0.4, 0.5) is 0 Å². The summed E-state index contributed by atoms with van der Waals surface area (Å²) in [5.74, 6) is -1.99. The molecule has 0 saturated carbocycles. The number of sulfonamides is 1. The number of hydrogen-bond acceptors (Lipinski definition) is 5. The number of allylic oxidation sites excluding steroid dienone is 1. The van der Waals surface area contributed by atoms with Crippen LogP contribution >= 0.6 is 0 Å². The van der Waals surface area contributed by atoms with E-state index in [1.807, 2.05) is 6.92 Å². The number of imide groups is 1. The van der Waals surface area contributed by atoms with E-state index in [1.165, 1.54) is 30.3 Å². The van der Waals surface area contributed by atoms with Crippen LogP contribution < -0.4 is 0 Å². The topological polar surface area (TPSA) is 91.8 Å². The first-order valence-corrected chi connectivity index (χ1v) is 10.5. The summed E-state index contributed by atoms with van der Waals surface area (Å²) >= 11 is 0. The van der Waals surface area contributed by atoms with Crippen LogP contribution in [0, 0.1) is 6.92 Å². The van der Waals surface area contributed by atoms with Gasteiger partial charge in [-0.25, -0.2) is 12.7 Å². The molecule has 2 aromatic carbocycles. The highest BCUT2D eigenvalue weighted by molar-refractivity contribution is 7.89. The molecule has 1 fully saturated rings. The van der Waals surface area contributed by atoms with Gasteiger partial charge in [0.15, 0.2) is 0 Å². The van der Waals surface area contributed by atoms with Crippen LogP contribution in [-0.2, 0) is 14.8 Å². The van der Waals surface area contributed by atoms with Crippen molar-refractivity contribution in [3.05, 3.63) is 77.4 Å². The van der Waals surface area contributed by atoms with E-state index in [0.29, 0.717) is 0 Å². The summed E-state index contributed by atoms with van der Waals surface area (Å²) in [6, 6.07) is 10.3. The van der Waals surface area contributed by atoms with Gasteiger partial charge in [-0.05, 0) is 38.1 Å². The maximum absolute atomic E-state index is 13.0. The molecule has 2 aliphatic rings. The summed E-state index contributed by atoms with van der Waals surface area (Å²) in [6.45, 7) is 3.50. The highest BCUT2D eigenvalue weighted by atomic mass is 32.2. The molecule has 7 nitrogen and oxygen atoms in total. The van der Waals surface area contributed by atoms with Gasteiger partial charge in [0.1, 0.15) is 6.04 Å². The average Bonchev–Trinajstić information content (AvgIpc) is 2.93. The van der Waals surface area contributed by atoms with Gasteiger partial charge in [-0.2, -0.15) is 0 Å². The number of rotatable bonds is 4. The van der Waals surface area contributed by atoms with Gasteiger partial charge >= 0.3 is 0 Å². The van der Waals surface area contributed by atoms with E-state index in [9.17, 15) is 22.8 Å². The highest BCUT2D eigenvalue weighted by Crippen LogP contribution is 2.36. The molecule has 2 aromatic rings. The third-order valence-electron chi connectivity index (χ3n) is 5.14. The predicted octanol–water partition coefficient (Wildman–Crippen LogP) is 2.14. The summed E-state index contributed by atoms with van der Waals surface area (Å²) in [4.78, 5) is 39.3. The van der Waals surface area contributed by atoms with Crippen molar-refractivity contribution in [1.29, 1.82) is 0 Å². The SMILES string of the molecule is C/C=C/[C@H]1[C@@H](N2C(=O)c3ccccc3C2=O)C(=O)N1S(=O)(=O)c1ccc(C)cc1. The van der Waals surface area contributed by atoms with Crippen molar-refractivity contribution in [3.8, 4) is 0 Å². The molecule has 0 bridgehead atoms. The minimum Gasteiger partial charge on any atom is -0.271 e. The van der Waals surface area contributed by atoms with Gasteiger partial charge in [-0.3, -0.25) is 19.3 Å². The molecular formula is C21H18N2O5S. The second kappa shape index (κ2) is 6.66. The lowest BCUT2D eigenvalue weighted by Crippen LogP contribution is -2.72. The molecule has 0 N–H and O–H groups in total. The number of β-lactam (4-membered cyclic amide) rings is 1. The van der Waals surface area contributed by atoms with Crippen molar-refractivity contribution in [3.63, 3.8) is 0 Å². The molecule has 0 radical (unpaired) electrons. The molecule has 2 heterocycles. The fourth-order valence-corrected chi connectivity index (χ4v) is 5.23. The molecular weight excluding hydrogens is 392 g/mol. The van der Waals surface area contributed by atoms with Crippen LogP contribution in [0.1, 0.15) is 33.2 Å². The largest absolute Gasteiger partial charge is 0.271 e. The van der Waals surface area contributed by atoms with E-state index in [-0.39, 0.29) is 16.0 Å². The maximum Gasteiger partial charge on any atom is 0.267 e. The summed E-state index contributed by atoms with van der Waals surface area (Å²) in [7, 11) is -4.12. The number of carbonyl (C=O) groups is 3. The maximum atomic E-state index is 13.0. The number of benzene rings is 2. The van der Waals surface area contributed by atoms with Gasteiger partial charge in [-0.1, -0.05) is 42.0 Å². The van der Waals surface area contributed by atoms with Gasteiger partial charge < -0.3 is 0 Å². The van der Waals surface area contributed by atoms with Crippen LogP contribution in [0.5, 0.6) is 0 Å². The summed E-state index contributed by atoms with van der Waals surface area (Å²) in [6.07, 6.45) is 3.11. The van der Waals surface area contributed by atoms with Crippen LogP contribution in [-0.4, -0.2) is 47.4 Å². The standard InChI is InChI=1S/C21H18N2O5S/c1-3-6-17-18(22-19(24)15-7-4-5-8-16(15)20(22)25)21(26)23(17)29(27,28)14-11-9-13(2)10-12-14/h3-12,17-18H,1-2H3/b6-3+/t17-,18+/m0/s1. The third-order valence-corrected chi connectivity index (χ3v) is 6.94. The van der Waals surface area contributed by atoms with E-state index < -0.39 is 39.8 Å². The number of nitrogens with zero attached hydrogens (tertiary/aromatic N) is 2. The first-order valence-electron chi connectivity index (χ1n) is 9.03. The van der Waals surface area contributed by atoms with Crippen LogP contribution in [0.2, 0.25) is 0 Å². The smallest absolute Gasteiger partial charge is 0.267 e. The van der Waals surface area contributed by atoms with E-state index in [2.05, 4.69) is 0 Å². The predicted molar refractivity (Wildman–Crippen MR) is 105 cm³/mol. The lowest BCUT2D eigenvalue weighted by atomic mass is 9.96. The van der Waals surface area contributed by atoms with Gasteiger partial charge in [0.2, 0.25) is 0 Å². The van der Waals surface area contributed by atoms with Gasteiger partial charge in [0.05, 0.1) is 22.1 Å². The van der Waals surface area contributed by atoms with Crippen molar-refractivity contribution >= 4 is 27.7 Å². The zero-order valence-electron chi connectivity index (χ0n) is 15.8. The Morgan fingerprint density at radius 2 is 1.45 bits per heavy atom. The average molecular weight is 410 g/mol. The lowest BCUT2D eigenvalue weighted by Gasteiger charge is -2.47. The van der Waals surface area contributed by atoms with E-state index in [0.717, 1.165) is 14.8 Å². The lowest BCUT2D eigenvalue weighted by molar-refractivity contribution is -0.143. The second-order valence-corrected chi connectivity index (χ2v) is 8.75. The molecule has 3 amide bonds. The Morgan fingerprint density at radius 3 is 1.97 bits per heavy atom. The van der Waals surface area contributed by atoms with Crippen LogP contribution in [0.3, 0.4) is 0 Å². The summed E-state index contributed by atoms with van der Waals surface area (Å²) < 4.78 is 26.8.